The summed E-state index contributed by atoms with van der Waals surface area (Å²) in [6, 6.07) is 7.93. The molecule has 5 rings (SSSR count). The van der Waals surface area contributed by atoms with Gasteiger partial charge < -0.3 is 10.6 Å². The van der Waals surface area contributed by atoms with Crippen molar-refractivity contribution in [3.8, 4) is 6.07 Å². The van der Waals surface area contributed by atoms with Crippen molar-refractivity contribution in [1.29, 1.82) is 5.26 Å². The summed E-state index contributed by atoms with van der Waals surface area (Å²) in [5, 5.41) is 26.6. The van der Waals surface area contributed by atoms with E-state index < -0.39 is 17.8 Å². The van der Waals surface area contributed by atoms with E-state index in [0.717, 1.165) is 12.3 Å². The third kappa shape index (κ3) is 4.42. The number of hydrogen-bond donors (Lipinski definition) is 3. The lowest BCUT2D eigenvalue weighted by molar-refractivity contribution is 0.480. The molecule has 0 bridgehead atoms. The van der Waals surface area contributed by atoms with Crippen LogP contribution in [0.5, 0.6) is 0 Å². The summed E-state index contributed by atoms with van der Waals surface area (Å²) in [5.74, 6) is -2.40. The molecule has 9 nitrogen and oxygen atoms in total. The first-order chi connectivity index (χ1) is 17.4. The smallest absolute Gasteiger partial charge is 0.249 e. The molecule has 0 fully saturated rings. The summed E-state index contributed by atoms with van der Waals surface area (Å²) in [6.07, 6.45) is 7.00. The number of fused-ring (bicyclic) bond motifs is 1. The predicted octanol–water partition coefficient (Wildman–Crippen LogP) is 4.89. The second-order valence-electron chi connectivity index (χ2n) is 7.23. The van der Waals surface area contributed by atoms with E-state index in [4.69, 9.17) is 11.6 Å². The number of nitrogens with zero attached hydrogens (tertiary/aromatic N) is 6. The fourth-order valence-electron chi connectivity index (χ4n) is 3.45. The number of anilines is 3. The lowest BCUT2D eigenvalue weighted by Crippen LogP contribution is -2.13. The van der Waals surface area contributed by atoms with Gasteiger partial charge in [0.25, 0.3) is 0 Å². The lowest BCUT2D eigenvalue weighted by Gasteiger charge is -2.19. The van der Waals surface area contributed by atoms with E-state index in [1.54, 1.807) is 30.5 Å². The first-order valence-corrected chi connectivity index (χ1v) is 10.4. The topological polar surface area (TPSA) is 128 Å². The molecule has 1 aromatic carbocycles. The number of H-pyrrole nitrogens is 1. The minimum atomic E-state index is -1.61. The van der Waals surface area contributed by atoms with E-state index >= 15 is 0 Å². The molecule has 0 saturated heterocycles. The number of nitrogens with one attached hydrogen (secondary N) is 3. The number of hydrogen-bond acceptors (Lipinski definition) is 8. The van der Waals surface area contributed by atoms with Crippen LogP contribution < -0.4 is 10.6 Å². The van der Waals surface area contributed by atoms with Crippen molar-refractivity contribution in [2.24, 2.45) is 0 Å². The molecule has 0 aliphatic carbocycles. The molecule has 4 aromatic heterocycles. The third-order valence-corrected chi connectivity index (χ3v) is 5.29. The average Bonchev–Trinajstić information content (AvgIpc) is 3.43. The van der Waals surface area contributed by atoms with Crippen LogP contribution >= 0.6 is 11.6 Å². The number of nitriles is 1. The molecule has 0 radical (unpaired) electrons. The van der Waals surface area contributed by atoms with Crippen molar-refractivity contribution < 1.29 is 10.2 Å². The molecular formula is C23H14ClF2N9. The molecule has 12 heteroatoms. The van der Waals surface area contributed by atoms with Gasteiger partial charge in [0.2, 0.25) is 5.95 Å². The molecule has 4 heterocycles. The molecule has 0 spiro atoms. The van der Waals surface area contributed by atoms with E-state index in [-0.39, 0.29) is 27.7 Å². The lowest BCUT2D eigenvalue weighted by atomic mass is 10.0. The van der Waals surface area contributed by atoms with E-state index in [1.807, 2.05) is 6.07 Å². The van der Waals surface area contributed by atoms with Crippen LogP contribution in [0.1, 0.15) is 24.2 Å². The Morgan fingerprint density at radius 2 is 2.03 bits per heavy atom. The minimum absolute atomic E-state index is 0.111. The Morgan fingerprint density at radius 3 is 2.74 bits per heavy atom. The molecule has 172 valence electrons. The Hall–Kier alpha value is -4.69. The molecular weight excluding hydrogens is 476 g/mol. The monoisotopic (exact) mass is 490 g/mol. The largest absolute Gasteiger partial charge is 0.373 e. The van der Waals surface area contributed by atoms with Crippen molar-refractivity contribution in [3.63, 3.8) is 0 Å². The first-order valence-electron chi connectivity index (χ1n) is 10.5. The highest BCUT2D eigenvalue weighted by molar-refractivity contribution is 6.36. The van der Waals surface area contributed by atoms with Crippen molar-refractivity contribution >= 4 is 39.6 Å². The van der Waals surface area contributed by atoms with Crippen LogP contribution in [0.15, 0.2) is 61.3 Å². The van der Waals surface area contributed by atoms with Gasteiger partial charge in [-0.15, -0.1) is 5.10 Å². The average molecular weight is 491 g/mol. The van der Waals surface area contributed by atoms with Gasteiger partial charge in [0.05, 0.1) is 41.1 Å². The Morgan fingerprint density at radius 1 is 1.14 bits per heavy atom. The fourth-order valence-corrected chi connectivity index (χ4v) is 3.72. The summed E-state index contributed by atoms with van der Waals surface area (Å²) in [6.45, 7) is 0. The number of halogens is 3. The summed E-state index contributed by atoms with van der Waals surface area (Å²) >= 11 is 6.54. The SMILES string of the molecule is [2H][C@](Nc1cc(Cl)c2ncc(C#N)c(Nc3cnc(F)c(F)c3)c2c1)(c1cccnc1)c1c[nH]nn1. The van der Waals surface area contributed by atoms with Gasteiger partial charge in [0.15, 0.2) is 5.82 Å². The number of aromatic nitrogens is 6. The maximum atomic E-state index is 13.8. The maximum absolute atomic E-state index is 13.8. The molecule has 0 saturated carbocycles. The number of aromatic amines is 1. The van der Waals surface area contributed by atoms with Gasteiger partial charge in [-0.25, -0.2) is 9.37 Å². The molecule has 5 aromatic rings. The maximum Gasteiger partial charge on any atom is 0.249 e. The van der Waals surface area contributed by atoms with Crippen LogP contribution in [0.4, 0.5) is 25.8 Å². The Balaban J connectivity index is 1.65. The zero-order valence-corrected chi connectivity index (χ0v) is 18.3. The van der Waals surface area contributed by atoms with Gasteiger partial charge in [-0.2, -0.15) is 9.65 Å². The molecule has 35 heavy (non-hydrogen) atoms. The summed E-state index contributed by atoms with van der Waals surface area (Å²) in [7, 11) is 0. The van der Waals surface area contributed by atoms with Crippen LogP contribution in [0, 0.1) is 23.1 Å². The molecule has 0 aliphatic heterocycles. The van der Waals surface area contributed by atoms with Crippen molar-refractivity contribution in [1.82, 2.24) is 30.4 Å². The first kappa shape index (κ1) is 20.9. The van der Waals surface area contributed by atoms with Gasteiger partial charge in [0.1, 0.15) is 11.8 Å². The predicted molar refractivity (Wildman–Crippen MR) is 125 cm³/mol. The van der Waals surface area contributed by atoms with E-state index in [2.05, 4.69) is 41.0 Å². The minimum Gasteiger partial charge on any atom is -0.373 e. The Kier molecular flexibility index (Phi) is 5.54. The number of benzene rings is 1. The Labute approximate surface area is 203 Å². The van der Waals surface area contributed by atoms with Crippen molar-refractivity contribution in [3.05, 3.63) is 94.9 Å². The molecule has 1 atom stereocenters. The third-order valence-electron chi connectivity index (χ3n) is 5.00. The molecule has 0 amide bonds. The summed E-state index contributed by atoms with van der Waals surface area (Å²) in [5.41, 5.74) is 1.96. The second-order valence-corrected chi connectivity index (χ2v) is 7.64. The van der Waals surface area contributed by atoms with Crippen LogP contribution in [-0.4, -0.2) is 30.4 Å². The highest BCUT2D eigenvalue weighted by Gasteiger charge is 2.19. The summed E-state index contributed by atoms with van der Waals surface area (Å²) < 4.78 is 36.3. The number of rotatable bonds is 6. The van der Waals surface area contributed by atoms with E-state index in [0.29, 0.717) is 22.2 Å². The van der Waals surface area contributed by atoms with Crippen LogP contribution in [0.2, 0.25) is 5.02 Å². The highest BCUT2D eigenvalue weighted by atomic mass is 35.5. The van der Waals surface area contributed by atoms with E-state index in [1.165, 1.54) is 18.6 Å². The molecule has 0 unspecified atom stereocenters. The van der Waals surface area contributed by atoms with Crippen LogP contribution in [0.3, 0.4) is 0 Å². The number of pyridine rings is 3. The zero-order chi connectivity index (χ0) is 25.3. The fraction of sp³-hybridized carbons (Fsp3) is 0.0435. The van der Waals surface area contributed by atoms with Crippen molar-refractivity contribution in [2.75, 3.05) is 10.6 Å². The standard InChI is InChI=1S/C23H14ClF2N9/c24-17-5-14(32-21(19-11-31-35-34-19)12-2-1-3-28-8-12)4-16-20(13(7-27)9-29-22(16)17)33-15-6-18(25)23(26)30-10-15/h1-6,8-11,21,32H,(H,29,33)(H,31,34,35)/t21-/m0/s1/i21D. The second kappa shape index (κ2) is 9.28. The van der Waals surface area contributed by atoms with E-state index in [9.17, 15) is 15.4 Å². The van der Waals surface area contributed by atoms with Crippen LogP contribution in [-0.2, 0) is 0 Å². The molecule has 0 aliphatic rings. The van der Waals surface area contributed by atoms with Gasteiger partial charge >= 0.3 is 0 Å². The van der Waals surface area contributed by atoms with Crippen molar-refractivity contribution in [2.45, 2.75) is 6.02 Å². The summed E-state index contributed by atoms with van der Waals surface area (Å²) in [4.78, 5) is 11.7. The highest BCUT2D eigenvalue weighted by Crippen LogP contribution is 2.36. The van der Waals surface area contributed by atoms with Gasteiger partial charge in [0, 0.05) is 41.9 Å². The van der Waals surface area contributed by atoms with Gasteiger partial charge in [-0.05, 0) is 23.8 Å². The zero-order valence-electron chi connectivity index (χ0n) is 18.6. The van der Waals surface area contributed by atoms with Gasteiger partial charge in [-0.1, -0.05) is 22.9 Å². The van der Waals surface area contributed by atoms with Crippen LogP contribution in [0.25, 0.3) is 10.9 Å². The normalized spacial score (nSPS) is 13.0. The van der Waals surface area contributed by atoms with Gasteiger partial charge in [-0.3, -0.25) is 15.1 Å². The quantitative estimate of drug-likeness (QED) is 0.287. The molecule has 3 N–H and O–H groups in total. The Bertz CT molecular complexity index is 1610.